The van der Waals surface area contributed by atoms with E-state index < -0.39 is 11.4 Å². The van der Waals surface area contributed by atoms with Crippen molar-refractivity contribution in [2.24, 2.45) is 5.73 Å². The first-order valence-electron chi connectivity index (χ1n) is 10.0. The van der Waals surface area contributed by atoms with E-state index in [1.807, 2.05) is 19.1 Å². The van der Waals surface area contributed by atoms with Crippen LogP contribution in [0.2, 0.25) is 0 Å². The van der Waals surface area contributed by atoms with E-state index in [1.165, 1.54) is 0 Å². The van der Waals surface area contributed by atoms with Crippen molar-refractivity contribution >= 4 is 23.3 Å². The van der Waals surface area contributed by atoms with Gasteiger partial charge in [0.15, 0.2) is 5.78 Å². The largest absolute Gasteiger partial charge is 0.462 e. The Labute approximate surface area is 169 Å². The number of para-hydroxylation sites is 1. The Morgan fingerprint density at radius 2 is 2.00 bits per heavy atom. The summed E-state index contributed by atoms with van der Waals surface area (Å²) >= 11 is 0. The molecule has 1 amide bonds. The summed E-state index contributed by atoms with van der Waals surface area (Å²) in [5.41, 5.74) is 5.98. The lowest BCUT2D eigenvalue weighted by molar-refractivity contribution is -0.141. The molecule has 0 radical (unpaired) electrons. The third kappa shape index (κ3) is 2.53. The van der Waals surface area contributed by atoms with Crippen molar-refractivity contribution in [3.8, 4) is 0 Å². The first-order chi connectivity index (χ1) is 14.0. The second-order valence-electron chi connectivity index (χ2n) is 7.36. The lowest BCUT2D eigenvalue weighted by atomic mass is 9.64. The number of hydrogen-bond donors (Lipinski definition) is 1. The zero-order valence-corrected chi connectivity index (χ0v) is 16.6. The highest BCUT2D eigenvalue weighted by atomic mass is 16.5. The summed E-state index contributed by atoms with van der Waals surface area (Å²) in [4.78, 5) is 41.8. The summed E-state index contributed by atoms with van der Waals surface area (Å²) in [5, 5.41) is 0. The fourth-order valence-electron chi connectivity index (χ4n) is 4.67. The number of allylic oxidation sites excluding steroid dienone is 1. The molecule has 7 nitrogen and oxygen atoms in total. The van der Waals surface area contributed by atoms with Gasteiger partial charge < -0.3 is 20.1 Å². The molecule has 7 heteroatoms. The number of nitrogens with zero attached hydrogens (tertiary/aromatic N) is 1. The number of esters is 1. The van der Waals surface area contributed by atoms with Crippen LogP contribution < -0.4 is 10.6 Å². The Kier molecular flexibility index (Phi) is 4.68. The van der Waals surface area contributed by atoms with Gasteiger partial charge in [0.2, 0.25) is 11.8 Å². The molecule has 0 fully saturated rings. The number of carbonyl (C=O) groups excluding carboxylic acids is 3. The van der Waals surface area contributed by atoms with E-state index in [9.17, 15) is 14.4 Å². The molecule has 2 aliphatic heterocycles. The van der Waals surface area contributed by atoms with Crippen LogP contribution in [0.1, 0.15) is 45.1 Å². The van der Waals surface area contributed by atoms with Crippen molar-refractivity contribution in [2.45, 2.75) is 44.9 Å². The van der Waals surface area contributed by atoms with Gasteiger partial charge in [-0.2, -0.15) is 0 Å². The van der Waals surface area contributed by atoms with Crippen molar-refractivity contribution in [2.75, 3.05) is 18.1 Å². The molecule has 0 saturated heterocycles. The molecule has 0 unspecified atom stereocenters. The van der Waals surface area contributed by atoms with Crippen LogP contribution >= 0.6 is 0 Å². The number of ketones is 1. The molecule has 1 atom stereocenters. The summed E-state index contributed by atoms with van der Waals surface area (Å²) in [5.74, 6) is -1.07. The zero-order valence-electron chi connectivity index (χ0n) is 16.6. The van der Waals surface area contributed by atoms with Crippen molar-refractivity contribution < 1.29 is 23.9 Å². The topological polar surface area (TPSA) is 98.9 Å². The second-order valence-corrected chi connectivity index (χ2v) is 7.36. The van der Waals surface area contributed by atoms with Gasteiger partial charge in [-0.15, -0.1) is 0 Å². The predicted molar refractivity (Wildman–Crippen MR) is 106 cm³/mol. The molecular weight excluding hydrogens is 372 g/mol. The van der Waals surface area contributed by atoms with Gasteiger partial charge >= 0.3 is 5.97 Å². The van der Waals surface area contributed by atoms with Crippen LogP contribution in [0.5, 0.6) is 0 Å². The number of hydrogen-bond acceptors (Lipinski definition) is 6. The monoisotopic (exact) mass is 396 g/mol. The van der Waals surface area contributed by atoms with E-state index in [1.54, 1.807) is 24.0 Å². The third-order valence-electron chi connectivity index (χ3n) is 5.69. The van der Waals surface area contributed by atoms with Crippen molar-refractivity contribution in [1.29, 1.82) is 0 Å². The van der Waals surface area contributed by atoms with E-state index in [-0.39, 0.29) is 35.3 Å². The van der Waals surface area contributed by atoms with E-state index in [0.29, 0.717) is 42.8 Å². The highest BCUT2D eigenvalue weighted by molar-refractivity contribution is 6.23. The van der Waals surface area contributed by atoms with Crippen LogP contribution in [0.15, 0.2) is 47.1 Å². The summed E-state index contributed by atoms with van der Waals surface area (Å²) < 4.78 is 11.0. The molecule has 2 N–H and O–H groups in total. The second kappa shape index (κ2) is 7.06. The van der Waals surface area contributed by atoms with E-state index >= 15 is 0 Å². The lowest BCUT2D eigenvalue weighted by Crippen LogP contribution is -2.51. The number of fused-ring (bicyclic) bond motifs is 3. The molecule has 29 heavy (non-hydrogen) atoms. The van der Waals surface area contributed by atoms with Gasteiger partial charge in [-0.25, -0.2) is 4.79 Å². The van der Waals surface area contributed by atoms with Gasteiger partial charge in [0, 0.05) is 30.6 Å². The van der Waals surface area contributed by atoms with Crippen LogP contribution in [-0.4, -0.2) is 30.8 Å². The molecule has 0 aromatic heterocycles. The molecule has 1 spiro atoms. The summed E-state index contributed by atoms with van der Waals surface area (Å²) in [6.45, 7) is 4.22. The number of ether oxygens (including phenoxy) is 2. The maximum absolute atomic E-state index is 14.0. The van der Waals surface area contributed by atoms with Crippen LogP contribution in [-0.2, 0) is 29.3 Å². The van der Waals surface area contributed by atoms with Gasteiger partial charge in [-0.05, 0) is 25.8 Å². The molecule has 1 aromatic carbocycles. The minimum absolute atomic E-state index is 0.0931. The summed E-state index contributed by atoms with van der Waals surface area (Å²) in [6.07, 6.45) is 2.12. The highest BCUT2D eigenvalue weighted by Crippen LogP contribution is 2.56. The number of Topliss-reactive ketones (excluding diaryl/α,β-unsaturated/α-hetero) is 1. The Morgan fingerprint density at radius 1 is 1.24 bits per heavy atom. The van der Waals surface area contributed by atoms with Gasteiger partial charge in [0.25, 0.3) is 0 Å². The van der Waals surface area contributed by atoms with Crippen LogP contribution in [0.3, 0.4) is 0 Å². The minimum Gasteiger partial charge on any atom is -0.462 e. The SMILES string of the molecule is CCCN1C(=O)[C@@]2(C(C(=O)OCC)=C(N)OC3=C2C(=O)CCC3)c2ccccc21. The molecule has 2 heterocycles. The molecule has 1 aromatic rings. The van der Waals surface area contributed by atoms with Crippen LogP contribution in [0.4, 0.5) is 5.69 Å². The Morgan fingerprint density at radius 3 is 2.72 bits per heavy atom. The molecule has 0 saturated carbocycles. The van der Waals surface area contributed by atoms with E-state index in [0.717, 1.165) is 6.42 Å². The quantitative estimate of drug-likeness (QED) is 0.785. The molecule has 4 rings (SSSR count). The lowest BCUT2D eigenvalue weighted by Gasteiger charge is -2.38. The highest BCUT2D eigenvalue weighted by Gasteiger charge is 2.63. The number of nitrogens with two attached hydrogens (primary N) is 1. The number of carbonyl (C=O) groups is 3. The smallest absolute Gasteiger partial charge is 0.341 e. The maximum atomic E-state index is 14.0. The summed E-state index contributed by atoms with van der Waals surface area (Å²) in [6, 6.07) is 7.25. The number of anilines is 1. The number of amides is 1. The molecule has 3 aliphatic rings. The first kappa shape index (κ1) is 19.2. The average molecular weight is 396 g/mol. The van der Waals surface area contributed by atoms with Crippen LogP contribution in [0.25, 0.3) is 0 Å². The summed E-state index contributed by atoms with van der Waals surface area (Å²) in [7, 11) is 0. The zero-order chi connectivity index (χ0) is 20.8. The third-order valence-corrected chi connectivity index (χ3v) is 5.69. The van der Waals surface area contributed by atoms with Crippen molar-refractivity contribution in [3.05, 3.63) is 52.6 Å². The molecule has 152 valence electrons. The standard InChI is InChI=1S/C22H24N2O5/c1-3-12-24-14-9-6-5-8-13(14)22(21(24)27)17-15(25)10-7-11-16(17)29-19(23)18(22)20(26)28-4-2/h5-6,8-9H,3-4,7,10-12,23H2,1-2H3/t22-/m0/s1. The van der Waals surface area contributed by atoms with Crippen molar-refractivity contribution in [3.63, 3.8) is 0 Å². The number of rotatable bonds is 4. The Bertz CT molecular complexity index is 977. The average Bonchev–Trinajstić information content (AvgIpc) is 2.92. The van der Waals surface area contributed by atoms with Crippen LogP contribution in [0, 0.1) is 0 Å². The van der Waals surface area contributed by atoms with E-state index in [2.05, 4.69) is 0 Å². The Hall–Kier alpha value is -3.09. The normalized spacial score (nSPS) is 23.3. The Balaban J connectivity index is 2.08. The van der Waals surface area contributed by atoms with E-state index in [4.69, 9.17) is 15.2 Å². The minimum atomic E-state index is -1.62. The predicted octanol–water partition coefficient (Wildman–Crippen LogP) is 2.45. The molecule has 1 aliphatic carbocycles. The molecular formula is C22H24N2O5. The molecule has 0 bridgehead atoms. The maximum Gasteiger partial charge on any atom is 0.341 e. The van der Waals surface area contributed by atoms with Gasteiger partial charge in [0.1, 0.15) is 16.7 Å². The first-order valence-corrected chi connectivity index (χ1v) is 10.0. The fourth-order valence-corrected chi connectivity index (χ4v) is 4.67. The number of benzene rings is 1. The van der Waals surface area contributed by atoms with Gasteiger partial charge in [-0.3, -0.25) is 9.59 Å². The van der Waals surface area contributed by atoms with Gasteiger partial charge in [-0.1, -0.05) is 25.1 Å². The van der Waals surface area contributed by atoms with Crippen molar-refractivity contribution in [1.82, 2.24) is 0 Å². The fraction of sp³-hybridized carbons (Fsp3) is 0.409. The van der Waals surface area contributed by atoms with Gasteiger partial charge in [0.05, 0.1) is 12.2 Å².